The van der Waals surface area contributed by atoms with Gasteiger partial charge in [0, 0.05) is 6.54 Å². The number of likely N-dealkylation sites (N-methyl/N-ethyl adjacent to an activating group) is 1. The summed E-state index contributed by atoms with van der Waals surface area (Å²) in [5.74, 6) is -4.01. The van der Waals surface area contributed by atoms with Crippen molar-refractivity contribution in [2.45, 2.75) is 39.2 Å². The number of ether oxygens (including phenoxy) is 1. The Morgan fingerprint density at radius 1 is 1.00 bits per heavy atom. The van der Waals surface area contributed by atoms with E-state index in [1.54, 1.807) is 0 Å². The van der Waals surface area contributed by atoms with Gasteiger partial charge >= 0.3 is 17.9 Å². The second kappa shape index (κ2) is 12.7. The van der Waals surface area contributed by atoms with E-state index < -0.39 is 36.4 Å². The summed E-state index contributed by atoms with van der Waals surface area (Å²) in [4.78, 5) is 32.8. The summed E-state index contributed by atoms with van der Waals surface area (Å²) in [5, 5.41) is 33.8. The van der Waals surface area contributed by atoms with Crippen LogP contribution in [0.1, 0.15) is 32.3 Å². The van der Waals surface area contributed by atoms with Crippen molar-refractivity contribution in [2.24, 2.45) is 0 Å². The molecule has 0 aromatic heterocycles. The van der Waals surface area contributed by atoms with E-state index in [4.69, 9.17) is 25.2 Å². The first kappa shape index (κ1) is 25.4. The summed E-state index contributed by atoms with van der Waals surface area (Å²) < 4.78 is 5.73. The Hall–Kier alpha value is -2.65. The molecular formula is C19H29NO8. The topological polar surface area (TPSA) is 145 Å². The number of carbonyl (C=O) groups is 3. The molecule has 0 spiro atoms. The van der Waals surface area contributed by atoms with Crippen molar-refractivity contribution in [1.82, 2.24) is 4.90 Å². The van der Waals surface area contributed by atoms with Crippen LogP contribution in [0.3, 0.4) is 0 Å². The first-order valence-electron chi connectivity index (χ1n) is 8.85. The molecular weight excluding hydrogens is 370 g/mol. The quantitative estimate of drug-likeness (QED) is 0.434. The lowest BCUT2D eigenvalue weighted by Crippen LogP contribution is -2.42. The van der Waals surface area contributed by atoms with Crippen molar-refractivity contribution in [2.75, 3.05) is 26.2 Å². The van der Waals surface area contributed by atoms with Crippen molar-refractivity contribution in [1.29, 1.82) is 0 Å². The van der Waals surface area contributed by atoms with Gasteiger partial charge in [-0.3, -0.25) is 9.59 Å². The van der Waals surface area contributed by atoms with E-state index in [0.717, 1.165) is 32.0 Å². The summed E-state index contributed by atoms with van der Waals surface area (Å²) in [6.45, 7) is 10.4. The Kier molecular flexibility index (Phi) is 11.5. The van der Waals surface area contributed by atoms with E-state index >= 15 is 0 Å². The molecule has 0 fully saturated rings. The van der Waals surface area contributed by atoms with Crippen LogP contribution in [0.4, 0.5) is 0 Å². The van der Waals surface area contributed by atoms with Crippen molar-refractivity contribution < 1.29 is 39.5 Å². The second-order valence-corrected chi connectivity index (χ2v) is 6.12. The molecule has 1 aromatic carbocycles. The fraction of sp³-hybridized carbons (Fsp3) is 0.526. The van der Waals surface area contributed by atoms with Crippen molar-refractivity contribution in [3.8, 4) is 5.75 Å². The van der Waals surface area contributed by atoms with Crippen LogP contribution in [0.25, 0.3) is 0 Å². The Morgan fingerprint density at radius 3 is 1.89 bits per heavy atom. The van der Waals surface area contributed by atoms with Gasteiger partial charge in [0.25, 0.3) is 0 Å². The molecule has 0 aliphatic rings. The second-order valence-electron chi connectivity index (χ2n) is 6.12. The first-order chi connectivity index (χ1) is 13.1. The Bertz CT molecular complexity index is 627. The molecule has 158 valence electrons. The highest BCUT2D eigenvalue weighted by molar-refractivity contribution is 5.88. The van der Waals surface area contributed by atoms with E-state index in [0.29, 0.717) is 0 Å². The third-order valence-electron chi connectivity index (χ3n) is 3.94. The molecule has 0 amide bonds. The van der Waals surface area contributed by atoms with E-state index in [1.807, 2.05) is 18.2 Å². The predicted octanol–water partition coefficient (Wildman–Crippen LogP) is 1.47. The van der Waals surface area contributed by atoms with Crippen LogP contribution in [0.15, 0.2) is 24.3 Å². The molecule has 0 saturated carbocycles. The molecule has 0 unspecified atom stereocenters. The average Bonchev–Trinajstić information content (AvgIpc) is 2.59. The summed E-state index contributed by atoms with van der Waals surface area (Å²) in [7, 11) is 0. The van der Waals surface area contributed by atoms with E-state index in [1.165, 1.54) is 5.56 Å². The summed E-state index contributed by atoms with van der Waals surface area (Å²) in [6, 6.07) is 8.15. The maximum atomic E-state index is 10.3. The van der Waals surface area contributed by atoms with Gasteiger partial charge in [-0.25, -0.2) is 4.79 Å². The fourth-order valence-electron chi connectivity index (χ4n) is 2.26. The number of carboxylic acid groups (broad SMARTS) is 3. The molecule has 4 N–H and O–H groups in total. The number of hydrogen-bond acceptors (Lipinski definition) is 6. The zero-order valence-corrected chi connectivity index (χ0v) is 16.4. The number of aliphatic hydroxyl groups is 1. The summed E-state index contributed by atoms with van der Waals surface area (Å²) in [6.07, 6.45) is -2.29. The number of rotatable bonds is 11. The number of benzene rings is 1. The molecule has 0 bridgehead atoms. The van der Waals surface area contributed by atoms with Crippen molar-refractivity contribution in [3.05, 3.63) is 29.8 Å². The van der Waals surface area contributed by atoms with Gasteiger partial charge < -0.3 is 30.1 Å². The molecule has 0 aliphatic carbocycles. The van der Waals surface area contributed by atoms with Crippen LogP contribution >= 0.6 is 0 Å². The highest BCUT2D eigenvalue weighted by Gasteiger charge is 2.40. The van der Waals surface area contributed by atoms with Gasteiger partial charge in [0.1, 0.15) is 12.4 Å². The summed E-state index contributed by atoms with van der Waals surface area (Å²) in [5.41, 5.74) is -1.53. The number of hydrogen-bond donors (Lipinski definition) is 4. The Morgan fingerprint density at radius 2 is 1.50 bits per heavy atom. The molecule has 1 rings (SSSR count). The maximum absolute atomic E-state index is 10.3. The van der Waals surface area contributed by atoms with Gasteiger partial charge in [-0.2, -0.15) is 0 Å². The standard InChI is InChI=1S/C13H21NO.C6H8O7/c1-4-14(5-2)10-11-15-13-9-7-6-8-12(13)3;7-3(8)1-6(13,5(11)12)2-4(9)10/h6-9H,4-5,10-11H2,1-3H3;13H,1-2H2,(H,7,8)(H,9,10)(H,11,12). The smallest absolute Gasteiger partial charge is 0.336 e. The van der Waals surface area contributed by atoms with Gasteiger partial charge in [0.05, 0.1) is 12.8 Å². The van der Waals surface area contributed by atoms with Crippen LogP contribution in [0, 0.1) is 6.92 Å². The van der Waals surface area contributed by atoms with E-state index in [2.05, 4.69) is 31.7 Å². The largest absolute Gasteiger partial charge is 0.492 e. The van der Waals surface area contributed by atoms with Gasteiger partial charge in [-0.15, -0.1) is 0 Å². The van der Waals surface area contributed by atoms with Crippen molar-refractivity contribution >= 4 is 17.9 Å². The first-order valence-corrected chi connectivity index (χ1v) is 8.85. The van der Waals surface area contributed by atoms with Crippen LogP contribution in [0.5, 0.6) is 5.75 Å². The normalized spacial score (nSPS) is 10.8. The summed E-state index contributed by atoms with van der Waals surface area (Å²) >= 11 is 0. The third kappa shape index (κ3) is 9.89. The minimum Gasteiger partial charge on any atom is -0.492 e. The van der Waals surface area contributed by atoms with Crippen molar-refractivity contribution in [3.63, 3.8) is 0 Å². The zero-order valence-electron chi connectivity index (χ0n) is 16.4. The lowest BCUT2D eigenvalue weighted by molar-refractivity contribution is -0.170. The van der Waals surface area contributed by atoms with Crippen LogP contribution in [-0.4, -0.2) is 75.1 Å². The van der Waals surface area contributed by atoms with E-state index in [9.17, 15) is 14.4 Å². The predicted molar refractivity (Wildman–Crippen MR) is 102 cm³/mol. The monoisotopic (exact) mass is 399 g/mol. The van der Waals surface area contributed by atoms with Gasteiger partial charge in [-0.1, -0.05) is 32.0 Å². The fourth-order valence-corrected chi connectivity index (χ4v) is 2.26. The Labute approximate surface area is 164 Å². The Balaban J connectivity index is 0.000000528. The highest BCUT2D eigenvalue weighted by atomic mass is 16.5. The average molecular weight is 399 g/mol. The number of nitrogens with zero attached hydrogens (tertiary/aromatic N) is 1. The number of para-hydroxylation sites is 1. The highest BCUT2D eigenvalue weighted by Crippen LogP contribution is 2.16. The number of aliphatic carboxylic acids is 3. The van der Waals surface area contributed by atoms with Crippen LogP contribution in [-0.2, 0) is 14.4 Å². The minimum atomic E-state index is -2.74. The number of aryl methyl sites for hydroxylation is 1. The van der Waals surface area contributed by atoms with Crippen LogP contribution < -0.4 is 4.74 Å². The molecule has 9 heteroatoms. The van der Waals surface area contributed by atoms with Crippen LogP contribution in [0.2, 0.25) is 0 Å². The number of carboxylic acids is 3. The molecule has 0 saturated heterocycles. The van der Waals surface area contributed by atoms with E-state index in [-0.39, 0.29) is 0 Å². The molecule has 9 nitrogen and oxygen atoms in total. The van der Waals surface area contributed by atoms with Gasteiger partial charge in [0.15, 0.2) is 5.60 Å². The molecule has 0 aliphatic heterocycles. The lowest BCUT2D eigenvalue weighted by atomic mass is 9.96. The molecule has 1 aromatic rings. The minimum absolute atomic E-state index is 0.770. The SMILES string of the molecule is CCN(CC)CCOc1ccccc1C.O=C(O)CC(O)(CC(=O)O)C(=O)O. The lowest BCUT2D eigenvalue weighted by Gasteiger charge is -2.18. The molecule has 28 heavy (non-hydrogen) atoms. The van der Waals surface area contributed by atoms with Gasteiger partial charge in [0.2, 0.25) is 0 Å². The molecule has 0 atom stereocenters. The molecule has 0 heterocycles. The third-order valence-corrected chi connectivity index (χ3v) is 3.94. The van der Waals surface area contributed by atoms with Gasteiger partial charge in [-0.05, 0) is 31.6 Å². The zero-order chi connectivity index (χ0) is 21.7. The molecule has 0 radical (unpaired) electrons. The maximum Gasteiger partial charge on any atom is 0.336 e.